The molecule has 1 aromatic carbocycles. The summed E-state index contributed by atoms with van der Waals surface area (Å²) in [5.74, 6) is 0.547. The second-order valence-corrected chi connectivity index (χ2v) is 6.28. The van der Waals surface area contributed by atoms with Crippen LogP contribution in [0.5, 0.6) is 0 Å². The predicted molar refractivity (Wildman–Crippen MR) is 91.0 cm³/mol. The lowest BCUT2D eigenvalue weighted by atomic mass is 9.82. The van der Waals surface area contributed by atoms with Crippen molar-refractivity contribution in [2.24, 2.45) is 0 Å². The molecule has 0 atom stereocenters. The summed E-state index contributed by atoms with van der Waals surface area (Å²) < 4.78 is 5.54. The molecule has 1 aliphatic rings. The van der Waals surface area contributed by atoms with Crippen molar-refractivity contribution in [3.8, 4) is 0 Å². The third kappa shape index (κ3) is 5.01. The van der Waals surface area contributed by atoms with Gasteiger partial charge < -0.3 is 4.74 Å². The molecule has 1 aromatic rings. The molecule has 1 saturated carbocycles. The number of aryl methyl sites for hydroxylation is 1. The number of hydrogen-bond acceptors (Lipinski definition) is 2. The highest BCUT2D eigenvalue weighted by Crippen LogP contribution is 2.34. The molecule has 0 aliphatic heterocycles. The lowest BCUT2D eigenvalue weighted by Gasteiger charge is -2.28. The Morgan fingerprint density at radius 1 is 1.23 bits per heavy atom. The van der Waals surface area contributed by atoms with Crippen LogP contribution in [0, 0.1) is 0 Å². The standard InChI is InChI=1S/C20H28O2/c1-3-5-7-20(21)22-19-14-12-18(13-15-19)17-10-8-16(6-4-2)9-11-17/h3,8-11,18-19H,1,4-7,12-15H2,2H3. The highest BCUT2D eigenvalue weighted by Gasteiger charge is 2.24. The number of ether oxygens (including phenoxy) is 1. The molecule has 120 valence electrons. The first kappa shape index (κ1) is 16.8. The van der Waals surface area contributed by atoms with Gasteiger partial charge in [-0.3, -0.25) is 4.79 Å². The normalized spacial score (nSPS) is 21.3. The van der Waals surface area contributed by atoms with Crippen LogP contribution in [0.4, 0.5) is 0 Å². The van der Waals surface area contributed by atoms with E-state index in [-0.39, 0.29) is 12.1 Å². The minimum atomic E-state index is -0.0766. The summed E-state index contributed by atoms with van der Waals surface area (Å²) in [7, 11) is 0. The molecule has 0 unspecified atom stereocenters. The van der Waals surface area contributed by atoms with Crippen LogP contribution in [-0.4, -0.2) is 12.1 Å². The average Bonchev–Trinajstić information content (AvgIpc) is 2.55. The van der Waals surface area contributed by atoms with Crippen LogP contribution in [0.2, 0.25) is 0 Å². The van der Waals surface area contributed by atoms with Crippen molar-refractivity contribution in [1.29, 1.82) is 0 Å². The minimum Gasteiger partial charge on any atom is -0.462 e. The summed E-state index contributed by atoms with van der Waals surface area (Å²) >= 11 is 0. The third-order valence-corrected chi connectivity index (χ3v) is 4.51. The summed E-state index contributed by atoms with van der Waals surface area (Å²) in [6, 6.07) is 9.10. The first-order chi connectivity index (χ1) is 10.7. The maximum absolute atomic E-state index is 11.7. The number of hydrogen-bond donors (Lipinski definition) is 0. The molecule has 2 nitrogen and oxygen atoms in total. The third-order valence-electron chi connectivity index (χ3n) is 4.51. The van der Waals surface area contributed by atoms with E-state index in [2.05, 4.69) is 37.8 Å². The van der Waals surface area contributed by atoms with Gasteiger partial charge in [0.1, 0.15) is 6.10 Å². The van der Waals surface area contributed by atoms with Crippen LogP contribution in [0.25, 0.3) is 0 Å². The fraction of sp³-hybridized carbons (Fsp3) is 0.550. The number of esters is 1. The Morgan fingerprint density at radius 2 is 1.91 bits per heavy atom. The van der Waals surface area contributed by atoms with Gasteiger partial charge >= 0.3 is 5.97 Å². The highest BCUT2D eigenvalue weighted by atomic mass is 16.5. The molecule has 0 aromatic heterocycles. The molecule has 0 saturated heterocycles. The van der Waals surface area contributed by atoms with Crippen LogP contribution in [0.3, 0.4) is 0 Å². The first-order valence-corrected chi connectivity index (χ1v) is 8.62. The molecule has 0 N–H and O–H groups in total. The molecule has 1 aliphatic carbocycles. The van der Waals surface area contributed by atoms with Gasteiger partial charge in [0.25, 0.3) is 0 Å². The van der Waals surface area contributed by atoms with Gasteiger partial charge in [-0.05, 0) is 55.6 Å². The summed E-state index contributed by atoms with van der Waals surface area (Å²) in [4.78, 5) is 11.7. The number of rotatable bonds is 7. The first-order valence-electron chi connectivity index (χ1n) is 8.62. The van der Waals surface area contributed by atoms with Crippen LogP contribution in [-0.2, 0) is 16.0 Å². The van der Waals surface area contributed by atoms with E-state index in [1.165, 1.54) is 17.5 Å². The molecular weight excluding hydrogens is 272 g/mol. The van der Waals surface area contributed by atoms with E-state index in [4.69, 9.17) is 4.74 Å². The summed E-state index contributed by atoms with van der Waals surface area (Å²) in [5.41, 5.74) is 2.87. The zero-order chi connectivity index (χ0) is 15.8. The Labute approximate surface area is 134 Å². The second kappa shape index (κ2) is 8.77. The van der Waals surface area contributed by atoms with Crippen molar-refractivity contribution in [2.75, 3.05) is 0 Å². The van der Waals surface area contributed by atoms with Gasteiger partial charge in [0, 0.05) is 6.42 Å². The van der Waals surface area contributed by atoms with Crippen molar-refractivity contribution < 1.29 is 9.53 Å². The monoisotopic (exact) mass is 300 g/mol. The summed E-state index contributed by atoms with van der Waals surface area (Å²) in [5, 5.41) is 0. The van der Waals surface area contributed by atoms with E-state index in [9.17, 15) is 4.79 Å². The molecule has 0 spiro atoms. The number of carbonyl (C=O) groups excluding carboxylic acids is 1. The van der Waals surface area contributed by atoms with Crippen LogP contribution in [0.1, 0.15) is 68.9 Å². The van der Waals surface area contributed by atoms with E-state index in [0.29, 0.717) is 18.8 Å². The van der Waals surface area contributed by atoms with Gasteiger partial charge in [-0.1, -0.05) is 43.7 Å². The van der Waals surface area contributed by atoms with Crippen molar-refractivity contribution in [3.05, 3.63) is 48.0 Å². The largest absolute Gasteiger partial charge is 0.462 e. The SMILES string of the molecule is C=CCCC(=O)OC1CCC(c2ccc(CCC)cc2)CC1. The number of benzene rings is 1. The van der Waals surface area contributed by atoms with Crippen molar-refractivity contribution >= 4 is 5.97 Å². The van der Waals surface area contributed by atoms with Gasteiger partial charge in [0.2, 0.25) is 0 Å². The lowest BCUT2D eigenvalue weighted by Crippen LogP contribution is -2.23. The Hall–Kier alpha value is -1.57. The van der Waals surface area contributed by atoms with Gasteiger partial charge in [-0.2, -0.15) is 0 Å². The molecule has 0 amide bonds. The molecule has 1 fully saturated rings. The average molecular weight is 300 g/mol. The van der Waals surface area contributed by atoms with Crippen LogP contribution >= 0.6 is 0 Å². The highest BCUT2D eigenvalue weighted by molar-refractivity contribution is 5.69. The summed E-state index contributed by atoms with van der Waals surface area (Å²) in [6.45, 7) is 5.85. The topological polar surface area (TPSA) is 26.3 Å². The van der Waals surface area contributed by atoms with Gasteiger partial charge in [-0.15, -0.1) is 6.58 Å². The molecule has 22 heavy (non-hydrogen) atoms. The zero-order valence-electron chi connectivity index (χ0n) is 13.7. The van der Waals surface area contributed by atoms with E-state index < -0.39 is 0 Å². The van der Waals surface area contributed by atoms with E-state index in [1.54, 1.807) is 6.08 Å². The molecular formula is C20H28O2. The second-order valence-electron chi connectivity index (χ2n) is 6.28. The fourth-order valence-corrected chi connectivity index (χ4v) is 3.22. The zero-order valence-corrected chi connectivity index (χ0v) is 13.7. The Bertz CT molecular complexity index is 467. The van der Waals surface area contributed by atoms with Crippen molar-refractivity contribution in [1.82, 2.24) is 0 Å². The molecule has 0 heterocycles. The molecule has 2 rings (SSSR count). The van der Waals surface area contributed by atoms with E-state index in [1.807, 2.05) is 0 Å². The van der Waals surface area contributed by atoms with Gasteiger partial charge in [0.15, 0.2) is 0 Å². The van der Waals surface area contributed by atoms with Crippen LogP contribution < -0.4 is 0 Å². The smallest absolute Gasteiger partial charge is 0.306 e. The van der Waals surface area contributed by atoms with Crippen molar-refractivity contribution in [3.63, 3.8) is 0 Å². The Kier molecular flexibility index (Phi) is 6.70. The van der Waals surface area contributed by atoms with Crippen LogP contribution in [0.15, 0.2) is 36.9 Å². The fourth-order valence-electron chi connectivity index (χ4n) is 3.22. The lowest BCUT2D eigenvalue weighted by molar-refractivity contribution is -0.150. The number of allylic oxidation sites excluding steroid dienone is 1. The van der Waals surface area contributed by atoms with Gasteiger partial charge in [0.05, 0.1) is 0 Å². The maximum atomic E-state index is 11.7. The molecule has 2 heteroatoms. The minimum absolute atomic E-state index is 0.0766. The summed E-state index contributed by atoms with van der Waals surface area (Å²) in [6.07, 6.45) is 9.62. The quantitative estimate of drug-likeness (QED) is 0.512. The predicted octanol–water partition coefficient (Wildman–Crippen LogP) is 5.17. The van der Waals surface area contributed by atoms with Gasteiger partial charge in [-0.25, -0.2) is 0 Å². The molecule has 0 radical (unpaired) electrons. The van der Waals surface area contributed by atoms with E-state index in [0.717, 1.165) is 32.1 Å². The Balaban J connectivity index is 1.79. The maximum Gasteiger partial charge on any atom is 0.306 e. The Morgan fingerprint density at radius 3 is 2.50 bits per heavy atom. The molecule has 0 bridgehead atoms. The van der Waals surface area contributed by atoms with E-state index >= 15 is 0 Å². The number of carbonyl (C=O) groups is 1. The van der Waals surface area contributed by atoms with Crippen molar-refractivity contribution in [2.45, 2.75) is 70.3 Å².